The first-order chi connectivity index (χ1) is 7.76. The van der Waals surface area contributed by atoms with Crippen LogP contribution in [0.25, 0.3) is 11.1 Å². The van der Waals surface area contributed by atoms with Gasteiger partial charge in [-0.25, -0.2) is 4.79 Å². The summed E-state index contributed by atoms with van der Waals surface area (Å²) in [6.07, 6.45) is 0. The molecule has 4 nitrogen and oxygen atoms in total. The second-order valence-corrected chi connectivity index (χ2v) is 3.56. The summed E-state index contributed by atoms with van der Waals surface area (Å²) >= 11 is 1.90. The van der Waals surface area contributed by atoms with Crippen LogP contribution in [0.3, 0.4) is 0 Å². The molecule has 0 saturated heterocycles. The highest BCUT2D eigenvalue weighted by Crippen LogP contribution is 2.14. The number of hydrogen-bond acceptors (Lipinski definition) is 3. The molecule has 0 aliphatic carbocycles. The number of nitrogens with zero attached hydrogens (tertiary/aromatic N) is 2. The van der Waals surface area contributed by atoms with E-state index in [9.17, 15) is 4.79 Å². The summed E-state index contributed by atoms with van der Waals surface area (Å²) in [5, 5.41) is 8.77. The van der Waals surface area contributed by atoms with Gasteiger partial charge >= 0.3 is 5.76 Å². The van der Waals surface area contributed by atoms with Crippen molar-refractivity contribution in [2.45, 2.75) is 6.54 Å². The molecule has 0 spiro atoms. The van der Waals surface area contributed by atoms with E-state index in [1.54, 1.807) is 18.2 Å². The van der Waals surface area contributed by atoms with Crippen molar-refractivity contribution in [3.8, 4) is 15.9 Å². The summed E-state index contributed by atoms with van der Waals surface area (Å²) in [5.74, 6) is 2.32. The first-order valence-electron chi connectivity index (χ1n) is 4.38. The second-order valence-electron chi connectivity index (χ2n) is 3.02. The second kappa shape index (κ2) is 4.42. The largest absolute Gasteiger partial charge is 0.420 e. The van der Waals surface area contributed by atoms with Crippen LogP contribution in [-0.2, 0) is 6.54 Å². The fraction of sp³-hybridized carbons (Fsp3) is 0.0909. The van der Waals surface area contributed by atoms with E-state index in [-0.39, 0.29) is 6.54 Å². The van der Waals surface area contributed by atoms with Gasteiger partial charge in [-0.3, -0.25) is 4.57 Å². The molecule has 0 aliphatic rings. The molecular formula is C11H5IN2O2. The molecule has 0 amide bonds. The monoisotopic (exact) mass is 324 g/mol. The van der Waals surface area contributed by atoms with Crippen LogP contribution in [0.2, 0.25) is 0 Å². The van der Waals surface area contributed by atoms with Crippen molar-refractivity contribution in [1.82, 2.24) is 4.57 Å². The number of rotatable bonds is 1. The third-order valence-corrected chi connectivity index (χ3v) is 2.48. The number of nitriles is 1. The van der Waals surface area contributed by atoms with Crippen LogP contribution in [0, 0.1) is 21.2 Å². The summed E-state index contributed by atoms with van der Waals surface area (Å²) in [7, 11) is 0. The lowest BCUT2D eigenvalue weighted by Crippen LogP contribution is -2.12. The molecule has 16 heavy (non-hydrogen) atoms. The van der Waals surface area contributed by atoms with E-state index in [0.29, 0.717) is 16.7 Å². The van der Waals surface area contributed by atoms with E-state index in [1.165, 1.54) is 4.57 Å². The van der Waals surface area contributed by atoms with Crippen LogP contribution in [0.5, 0.6) is 0 Å². The topological polar surface area (TPSA) is 58.9 Å². The standard InChI is InChI=1S/C11H5IN2O2/c12-4-1-5-14-9-6-8(7-13)2-3-10(9)16-11(14)15/h2-3,6H,5H2. The predicted octanol–water partition coefficient (Wildman–Crippen LogP) is 1.86. The van der Waals surface area contributed by atoms with Gasteiger partial charge in [0.25, 0.3) is 0 Å². The molecule has 0 aliphatic heterocycles. The van der Waals surface area contributed by atoms with Crippen LogP contribution in [0.15, 0.2) is 27.4 Å². The van der Waals surface area contributed by atoms with E-state index in [0.717, 1.165) is 0 Å². The molecule has 0 saturated carbocycles. The van der Waals surface area contributed by atoms with Gasteiger partial charge in [-0.1, -0.05) is 5.92 Å². The highest BCUT2D eigenvalue weighted by Gasteiger charge is 2.08. The van der Waals surface area contributed by atoms with Crippen LogP contribution < -0.4 is 5.76 Å². The smallest absolute Gasteiger partial charge is 0.408 e. The molecule has 78 valence electrons. The minimum atomic E-state index is -0.454. The summed E-state index contributed by atoms with van der Waals surface area (Å²) < 4.78 is 9.11. The van der Waals surface area contributed by atoms with Crippen molar-refractivity contribution in [2.24, 2.45) is 0 Å². The van der Waals surface area contributed by atoms with Gasteiger partial charge in [-0.2, -0.15) is 5.26 Å². The zero-order chi connectivity index (χ0) is 11.5. The highest BCUT2D eigenvalue weighted by atomic mass is 127. The minimum absolute atomic E-state index is 0.268. The Bertz CT molecular complexity index is 695. The Morgan fingerprint density at radius 1 is 1.50 bits per heavy atom. The average molecular weight is 324 g/mol. The molecule has 0 bridgehead atoms. The molecular weight excluding hydrogens is 319 g/mol. The van der Waals surface area contributed by atoms with Gasteiger partial charge in [0, 0.05) is 22.6 Å². The van der Waals surface area contributed by atoms with Gasteiger partial charge in [-0.05, 0) is 22.1 Å². The van der Waals surface area contributed by atoms with Gasteiger partial charge in [0.05, 0.1) is 23.7 Å². The van der Waals surface area contributed by atoms with E-state index >= 15 is 0 Å². The van der Waals surface area contributed by atoms with Crippen molar-refractivity contribution < 1.29 is 4.42 Å². The molecule has 0 fully saturated rings. The summed E-state index contributed by atoms with van der Waals surface area (Å²) in [4.78, 5) is 11.5. The molecule has 5 heteroatoms. The van der Waals surface area contributed by atoms with Gasteiger partial charge in [0.15, 0.2) is 5.58 Å². The van der Waals surface area contributed by atoms with Crippen molar-refractivity contribution in [2.75, 3.05) is 0 Å². The molecule has 2 aromatic rings. The maximum atomic E-state index is 11.5. The Morgan fingerprint density at radius 2 is 2.31 bits per heavy atom. The van der Waals surface area contributed by atoms with Crippen LogP contribution >= 0.6 is 22.6 Å². The molecule has 0 radical (unpaired) electrons. The SMILES string of the molecule is N#Cc1ccc2oc(=O)n(CC#CI)c2c1. The molecule has 0 N–H and O–H groups in total. The van der Waals surface area contributed by atoms with E-state index in [1.807, 2.05) is 28.7 Å². The molecule has 1 heterocycles. The normalized spacial score (nSPS) is 9.50. The van der Waals surface area contributed by atoms with Crippen molar-refractivity contribution >= 4 is 33.7 Å². The number of hydrogen-bond donors (Lipinski definition) is 0. The lowest BCUT2D eigenvalue weighted by Gasteiger charge is -1.94. The number of aromatic nitrogens is 1. The lowest BCUT2D eigenvalue weighted by molar-refractivity contribution is 0.521. The maximum Gasteiger partial charge on any atom is 0.420 e. The number of halogens is 1. The number of oxazole rings is 1. The third kappa shape index (κ3) is 1.82. The molecule has 1 aromatic carbocycles. The van der Waals surface area contributed by atoms with E-state index in [2.05, 4.69) is 9.85 Å². The zero-order valence-electron chi connectivity index (χ0n) is 8.03. The van der Waals surface area contributed by atoms with Gasteiger partial charge in [-0.15, -0.1) is 0 Å². The fourth-order valence-electron chi connectivity index (χ4n) is 1.39. The molecule has 2 rings (SSSR count). The Labute approximate surface area is 105 Å². The highest BCUT2D eigenvalue weighted by molar-refractivity contribution is 14.1. The van der Waals surface area contributed by atoms with Gasteiger partial charge < -0.3 is 4.42 Å². The first kappa shape index (κ1) is 10.8. The number of benzene rings is 1. The van der Waals surface area contributed by atoms with Gasteiger partial charge in [0.1, 0.15) is 0 Å². The summed E-state index contributed by atoms with van der Waals surface area (Å²) in [6.45, 7) is 0.268. The quantitative estimate of drug-likeness (QED) is 0.594. The van der Waals surface area contributed by atoms with E-state index < -0.39 is 5.76 Å². The predicted molar refractivity (Wildman–Crippen MR) is 67.0 cm³/mol. The zero-order valence-corrected chi connectivity index (χ0v) is 10.2. The van der Waals surface area contributed by atoms with Crippen LogP contribution in [0.1, 0.15) is 5.56 Å². The molecule has 0 unspecified atom stereocenters. The minimum Gasteiger partial charge on any atom is -0.408 e. The average Bonchev–Trinajstić information content (AvgIpc) is 2.61. The summed E-state index contributed by atoms with van der Waals surface area (Å²) in [5.41, 5.74) is 1.56. The maximum absolute atomic E-state index is 11.5. The Morgan fingerprint density at radius 3 is 3.00 bits per heavy atom. The van der Waals surface area contributed by atoms with Crippen molar-refractivity contribution in [1.29, 1.82) is 5.26 Å². The fourth-order valence-corrected chi connectivity index (χ4v) is 1.56. The molecule has 0 atom stereocenters. The van der Waals surface area contributed by atoms with Gasteiger partial charge in [0.2, 0.25) is 0 Å². The summed E-state index contributed by atoms with van der Waals surface area (Å²) in [6, 6.07) is 6.86. The molecule has 1 aromatic heterocycles. The first-order valence-corrected chi connectivity index (χ1v) is 5.46. The van der Waals surface area contributed by atoms with Crippen molar-refractivity contribution in [3.63, 3.8) is 0 Å². The van der Waals surface area contributed by atoms with E-state index in [4.69, 9.17) is 9.68 Å². The van der Waals surface area contributed by atoms with Crippen LogP contribution in [0.4, 0.5) is 0 Å². The number of fused-ring (bicyclic) bond motifs is 1. The Hall–Kier alpha value is -1.73. The van der Waals surface area contributed by atoms with Crippen LogP contribution in [-0.4, -0.2) is 4.57 Å². The Balaban J connectivity index is 2.70. The Kier molecular flexibility index (Phi) is 2.97. The lowest BCUT2D eigenvalue weighted by atomic mass is 10.2. The van der Waals surface area contributed by atoms with Crippen molar-refractivity contribution in [3.05, 3.63) is 34.3 Å². The third-order valence-electron chi connectivity index (χ3n) is 2.10.